The van der Waals surface area contributed by atoms with Gasteiger partial charge in [0.05, 0.1) is 5.60 Å². The predicted octanol–water partition coefficient (Wildman–Crippen LogP) is 2.10. The van der Waals surface area contributed by atoms with Gasteiger partial charge in [-0.3, -0.25) is 0 Å². The molecule has 2 atom stereocenters. The van der Waals surface area contributed by atoms with Crippen LogP contribution >= 0.6 is 11.8 Å². The van der Waals surface area contributed by atoms with Crippen molar-refractivity contribution >= 4 is 11.8 Å². The van der Waals surface area contributed by atoms with E-state index < -0.39 is 0 Å². The molecule has 19 heavy (non-hydrogen) atoms. The van der Waals surface area contributed by atoms with Crippen LogP contribution in [0.4, 0.5) is 0 Å². The summed E-state index contributed by atoms with van der Waals surface area (Å²) in [6, 6.07) is 0.759. The second-order valence-electron chi connectivity index (χ2n) is 7.03. The van der Waals surface area contributed by atoms with Gasteiger partial charge >= 0.3 is 0 Å². The summed E-state index contributed by atoms with van der Waals surface area (Å²) >= 11 is 2.07. The van der Waals surface area contributed by atoms with E-state index in [0.29, 0.717) is 5.41 Å². The van der Waals surface area contributed by atoms with Crippen LogP contribution in [0.1, 0.15) is 39.0 Å². The molecule has 0 aromatic carbocycles. The van der Waals surface area contributed by atoms with Gasteiger partial charge in [0.1, 0.15) is 0 Å². The smallest absolute Gasteiger partial charge is 0.0795 e. The maximum Gasteiger partial charge on any atom is 0.0795 e. The van der Waals surface area contributed by atoms with E-state index in [4.69, 9.17) is 10.5 Å². The van der Waals surface area contributed by atoms with Gasteiger partial charge in [0.25, 0.3) is 0 Å². The number of nitrogens with zero attached hydrogens (tertiary/aromatic N) is 1. The molecule has 0 aromatic rings. The van der Waals surface area contributed by atoms with Gasteiger partial charge in [0, 0.05) is 18.4 Å². The molecule has 3 saturated heterocycles. The summed E-state index contributed by atoms with van der Waals surface area (Å²) in [6.45, 7) is 6.64. The Bertz CT molecular complexity index is 309. The van der Waals surface area contributed by atoms with E-state index in [1.54, 1.807) is 0 Å². The molecule has 0 aliphatic carbocycles. The van der Waals surface area contributed by atoms with Crippen molar-refractivity contribution in [3.05, 3.63) is 0 Å². The van der Waals surface area contributed by atoms with Crippen LogP contribution in [0.3, 0.4) is 0 Å². The lowest BCUT2D eigenvalue weighted by Gasteiger charge is -2.47. The second-order valence-corrected chi connectivity index (χ2v) is 8.14. The minimum atomic E-state index is 0.224. The summed E-state index contributed by atoms with van der Waals surface area (Å²) in [5.74, 6) is 2.51. The fraction of sp³-hybridized carbons (Fsp3) is 1.00. The molecule has 3 rings (SSSR count). The van der Waals surface area contributed by atoms with E-state index in [1.807, 2.05) is 0 Å². The molecule has 0 aromatic heterocycles. The zero-order valence-corrected chi connectivity index (χ0v) is 13.0. The van der Waals surface area contributed by atoms with Gasteiger partial charge in [0.15, 0.2) is 0 Å². The lowest BCUT2D eigenvalue weighted by molar-refractivity contribution is -0.0950. The van der Waals surface area contributed by atoms with Crippen LogP contribution in [0, 0.1) is 5.41 Å². The topological polar surface area (TPSA) is 38.5 Å². The average molecular weight is 284 g/mol. The molecule has 3 aliphatic rings. The quantitative estimate of drug-likeness (QED) is 0.843. The Balaban J connectivity index is 1.58. The van der Waals surface area contributed by atoms with Crippen molar-refractivity contribution in [2.75, 3.05) is 37.7 Å². The highest BCUT2D eigenvalue weighted by molar-refractivity contribution is 7.99. The molecule has 1 spiro atoms. The van der Waals surface area contributed by atoms with Gasteiger partial charge in [-0.15, -0.1) is 0 Å². The van der Waals surface area contributed by atoms with Crippen LogP contribution in [-0.2, 0) is 4.74 Å². The van der Waals surface area contributed by atoms with Gasteiger partial charge in [-0.2, -0.15) is 11.8 Å². The molecule has 3 nitrogen and oxygen atoms in total. The summed E-state index contributed by atoms with van der Waals surface area (Å²) < 4.78 is 6.14. The van der Waals surface area contributed by atoms with E-state index in [2.05, 4.69) is 23.6 Å². The van der Waals surface area contributed by atoms with Crippen LogP contribution in [-0.4, -0.2) is 54.3 Å². The third-order valence-electron chi connectivity index (χ3n) is 5.55. The first-order chi connectivity index (χ1) is 9.15. The highest BCUT2D eigenvalue weighted by Gasteiger charge is 2.43. The Hall–Kier alpha value is 0.230. The first-order valence-electron chi connectivity index (χ1n) is 7.81. The molecule has 0 amide bonds. The molecule has 0 radical (unpaired) electrons. The Labute approximate surface area is 121 Å². The second kappa shape index (κ2) is 5.55. The summed E-state index contributed by atoms with van der Waals surface area (Å²) in [5, 5.41) is 0. The number of rotatable bonds is 2. The Morgan fingerprint density at radius 2 is 2.11 bits per heavy atom. The van der Waals surface area contributed by atoms with Crippen molar-refractivity contribution in [3.8, 4) is 0 Å². The predicted molar refractivity (Wildman–Crippen MR) is 81.6 cm³/mol. The summed E-state index contributed by atoms with van der Waals surface area (Å²) in [7, 11) is 0. The molecule has 3 aliphatic heterocycles. The van der Waals surface area contributed by atoms with Gasteiger partial charge in [-0.1, -0.05) is 6.92 Å². The third kappa shape index (κ3) is 2.97. The van der Waals surface area contributed by atoms with Crippen molar-refractivity contribution in [2.24, 2.45) is 11.1 Å². The molecule has 3 heterocycles. The molecular weight excluding hydrogens is 256 g/mol. The van der Waals surface area contributed by atoms with Gasteiger partial charge in [-0.25, -0.2) is 0 Å². The first kappa shape index (κ1) is 14.2. The number of thioether (sulfide) groups is 1. The Morgan fingerprint density at radius 1 is 1.32 bits per heavy atom. The molecule has 0 bridgehead atoms. The minimum Gasteiger partial charge on any atom is -0.374 e. The van der Waals surface area contributed by atoms with Crippen molar-refractivity contribution < 1.29 is 4.74 Å². The monoisotopic (exact) mass is 284 g/mol. The molecule has 2 N–H and O–H groups in total. The molecule has 2 unspecified atom stereocenters. The molecule has 0 saturated carbocycles. The first-order valence-corrected chi connectivity index (χ1v) is 8.96. The summed E-state index contributed by atoms with van der Waals surface area (Å²) in [4.78, 5) is 2.73. The van der Waals surface area contributed by atoms with Crippen molar-refractivity contribution in [1.82, 2.24) is 4.90 Å². The molecule has 4 heteroatoms. The van der Waals surface area contributed by atoms with Gasteiger partial charge in [-0.05, 0) is 62.9 Å². The Morgan fingerprint density at radius 3 is 2.74 bits per heavy atom. The standard InChI is InChI=1S/C15H28N2OS/c1-14(11-16)3-6-17(7-4-14)13-2-8-18-15(10-13)5-9-19-12-15/h13H,2-12,16H2,1H3. The van der Waals surface area contributed by atoms with Crippen LogP contribution in [0.5, 0.6) is 0 Å². The summed E-state index contributed by atoms with van der Waals surface area (Å²) in [5.41, 5.74) is 6.53. The Kier molecular flexibility index (Phi) is 4.14. The average Bonchev–Trinajstić information content (AvgIpc) is 2.88. The van der Waals surface area contributed by atoms with Crippen LogP contribution in [0.25, 0.3) is 0 Å². The highest BCUT2D eigenvalue weighted by Crippen LogP contribution is 2.41. The maximum atomic E-state index is 6.14. The number of ether oxygens (including phenoxy) is 1. The van der Waals surface area contributed by atoms with Crippen LogP contribution < -0.4 is 5.73 Å². The van der Waals surface area contributed by atoms with E-state index in [-0.39, 0.29) is 5.60 Å². The SMILES string of the molecule is CC1(CN)CCN(C2CCOC3(CCSC3)C2)CC1. The lowest BCUT2D eigenvalue weighted by atomic mass is 9.79. The zero-order valence-electron chi connectivity index (χ0n) is 12.2. The van der Waals surface area contributed by atoms with Crippen molar-refractivity contribution in [1.29, 1.82) is 0 Å². The third-order valence-corrected chi connectivity index (χ3v) is 6.77. The van der Waals surface area contributed by atoms with E-state index in [1.165, 1.54) is 56.7 Å². The highest BCUT2D eigenvalue weighted by atomic mass is 32.2. The summed E-state index contributed by atoms with van der Waals surface area (Å²) in [6.07, 6.45) is 6.29. The molecular formula is C15H28N2OS. The maximum absolute atomic E-state index is 6.14. The van der Waals surface area contributed by atoms with Crippen LogP contribution in [0.2, 0.25) is 0 Å². The number of piperidine rings is 1. The van der Waals surface area contributed by atoms with E-state index in [0.717, 1.165) is 19.2 Å². The number of likely N-dealkylation sites (tertiary alicyclic amines) is 1. The van der Waals surface area contributed by atoms with Crippen molar-refractivity contribution in [3.63, 3.8) is 0 Å². The number of hydrogen-bond donors (Lipinski definition) is 1. The fourth-order valence-corrected chi connectivity index (χ4v) is 5.19. The zero-order chi connectivity index (χ0) is 13.3. The van der Waals surface area contributed by atoms with Crippen molar-refractivity contribution in [2.45, 2.75) is 50.7 Å². The van der Waals surface area contributed by atoms with Gasteiger partial charge in [0.2, 0.25) is 0 Å². The van der Waals surface area contributed by atoms with E-state index in [9.17, 15) is 0 Å². The number of hydrogen-bond acceptors (Lipinski definition) is 4. The molecule has 3 fully saturated rings. The minimum absolute atomic E-state index is 0.224. The molecule has 110 valence electrons. The normalized spacial score (nSPS) is 39.8. The number of nitrogens with two attached hydrogens (primary N) is 1. The van der Waals surface area contributed by atoms with E-state index >= 15 is 0 Å². The largest absolute Gasteiger partial charge is 0.374 e. The van der Waals surface area contributed by atoms with Crippen LogP contribution in [0.15, 0.2) is 0 Å². The fourth-order valence-electron chi connectivity index (χ4n) is 3.81. The van der Waals surface area contributed by atoms with Gasteiger partial charge < -0.3 is 15.4 Å². The lowest BCUT2D eigenvalue weighted by Crippen LogP contribution is -2.52.